The normalized spacial score (nSPS) is 13.1. The zero-order valence-corrected chi connectivity index (χ0v) is 13.3. The molecule has 13 heavy (non-hydrogen) atoms. The van der Waals surface area contributed by atoms with E-state index >= 15 is 0 Å². The van der Waals surface area contributed by atoms with Crippen LogP contribution in [-0.2, 0) is 25.8 Å². The first kappa shape index (κ1) is 19.5. The molecule has 0 nitrogen and oxygen atoms in total. The average molecular weight is 385 g/mol. The molecule has 76 valence electrons. The van der Waals surface area contributed by atoms with E-state index in [9.17, 15) is 0 Å². The zero-order valence-electron chi connectivity index (χ0n) is 8.16. The van der Waals surface area contributed by atoms with E-state index in [0.717, 1.165) is 6.42 Å². The topological polar surface area (TPSA) is 0 Å². The predicted molar refractivity (Wildman–Crippen MR) is 44.7 cm³/mol. The minimum absolute atomic E-state index is 0. The van der Waals surface area contributed by atoms with Crippen LogP contribution >= 0.6 is 0 Å². The summed E-state index contributed by atoms with van der Waals surface area (Å²) in [6, 6.07) is 0. The standard InChI is InChI=1S/C10H15.2ClH.Hf/c1-3-4-7-10-8-5-6-9(10)2;;;/h8H,3-5,7H2,1-2H3;2*1H;/q-1;;;/p-2. The Bertz CT molecular complexity index is 174. The molecule has 0 atom stereocenters. The van der Waals surface area contributed by atoms with E-state index in [1.165, 1.54) is 30.4 Å². The van der Waals surface area contributed by atoms with Crippen molar-refractivity contribution in [3.63, 3.8) is 0 Å². The Kier molecular flexibility index (Phi) is 16.5. The number of hydrogen-bond acceptors (Lipinski definition) is 0. The van der Waals surface area contributed by atoms with Crippen molar-refractivity contribution in [1.29, 1.82) is 0 Å². The van der Waals surface area contributed by atoms with E-state index < -0.39 is 0 Å². The van der Waals surface area contributed by atoms with Gasteiger partial charge in [-0.1, -0.05) is 33.1 Å². The maximum Gasteiger partial charge on any atom is 0 e. The van der Waals surface area contributed by atoms with E-state index in [1.807, 2.05) is 0 Å². The fraction of sp³-hybridized carbons (Fsp3) is 0.600. The summed E-state index contributed by atoms with van der Waals surface area (Å²) in [5, 5.41) is 0. The average Bonchev–Trinajstić information content (AvgIpc) is 2.31. The van der Waals surface area contributed by atoms with Gasteiger partial charge in [0.05, 0.1) is 0 Å². The van der Waals surface area contributed by atoms with Gasteiger partial charge in [-0.3, -0.25) is 6.08 Å². The van der Waals surface area contributed by atoms with E-state index in [-0.39, 0.29) is 50.7 Å². The summed E-state index contributed by atoms with van der Waals surface area (Å²) in [4.78, 5) is 0. The Balaban J connectivity index is -0.000000333. The van der Waals surface area contributed by atoms with Crippen molar-refractivity contribution >= 4 is 0 Å². The molecule has 0 bridgehead atoms. The van der Waals surface area contributed by atoms with Gasteiger partial charge in [0.15, 0.2) is 0 Å². The van der Waals surface area contributed by atoms with Crippen LogP contribution < -0.4 is 24.8 Å². The number of hydrogen-bond donors (Lipinski definition) is 0. The van der Waals surface area contributed by atoms with Gasteiger partial charge in [-0.2, -0.15) is 11.6 Å². The third-order valence-electron chi connectivity index (χ3n) is 2.00. The van der Waals surface area contributed by atoms with Gasteiger partial charge in [-0.05, 0) is 0 Å². The molecule has 0 aromatic rings. The molecule has 1 aliphatic rings. The number of halogens is 2. The summed E-state index contributed by atoms with van der Waals surface area (Å²) in [5.74, 6) is 0. The molecule has 0 radical (unpaired) electrons. The summed E-state index contributed by atoms with van der Waals surface area (Å²) in [6.45, 7) is 4.40. The second-order valence-corrected chi connectivity index (χ2v) is 2.84. The summed E-state index contributed by atoms with van der Waals surface area (Å²) >= 11 is 0. The Morgan fingerprint density at radius 1 is 1.38 bits per heavy atom. The molecule has 3 heteroatoms. The second kappa shape index (κ2) is 11.0. The van der Waals surface area contributed by atoms with Crippen molar-refractivity contribution in [2.24, 2.45) is 0 Å². The van der Waals surface area contributed by atoms with Gasteiger partial charge >= 0.3 is 0 Å². The smallest absolute Gasteiger partial charge is 0 e. The quantitative estimate of drug-likeness (QED) is 0.366. The maximum absolute atomic E-state index is 3.30. The monoisotopic (exact) mass is 385 g/mol. The largest absolute Gasteiger partial charge is 1.00 e. The Morgan fingerprint density at radius 2 is 2.00 bits per heavy atom. The zero-order chi connectivity index (χ0) is 7.40. The van der Waals surface area contributed by atoms with Crippen LogP contribution in [0.4, 0.5) is 0 Å². The first-order valence-electron chi connectivity index (χ1n) is 4.11. The van der Waals surface area contributed by atoms with Crippen molar-refractivity contribution in [1.82, 2.24) is 0 Å². The molecule has 0 aromatic heterocycles. The van der Waals surface area contributed by atoms with Crippen LogP contribution in [0.15, 0.2) is 17.2 Å². The SMILES string of the molecule is CCCCC1=CC[C-]=C1C.[Cl-].[Cl-].[Hf]. The fourth-order valence-corrected chi connectivity index (χ4v) is 1.25. The van der Waals surface area contributed by atoms with Crippen molar-refractivity contribution in [2.75, 3.05) is 0 Å². The maximum atomic E-state index is 3.30. The Morgan fingerprint density at radius 3 is 2.38 bits per heavy atom. The molecule has 0 heterocycles. The molecular formula is C10H15Cl2Hf-3. The fourth-order valence-electron chi connectivity index (χ4n) is 1.25. The molecule has 1 aliphatic carbocycles. The summed E-state index contributed by atoms with van der Waals surface area (Å²) in [5.41, 5.74) is 2.91. The van der Waals surface area contributed by atoms with Crippen LogP contribution in [0.2, 0.25) is 0 Å². The van der Waals surface area contributed by atoms with Crippen molar-refractivity contribution in [3.05, 3.63) is 23.3 Å². The molecule has 0 N–H and O–H groups in total. The van der Waals surface area contributed by atoms with Crippen molar-refractivity contribution in [3.8, 4) is 0 Å². The molecule has 0 amide bonds. The third kappa shape index (κ3) is 6.93. The molecular weight excluding hydrogens is 370 g/mol. The van der Waals surface area contributed by atoms with Crippen LogP contribution in [0.3, 0.4) is 0 Å². The van der Waals surface area contributed by atoms with Gasteiger partial charge in [0.25, 0.3) is 0 Å². The Hall–Kier alpha value is 0.930. The van der Waals surface area contributed by atoms with E-state index in [4.69, 9.17) is 0 Å². The molecule has 0 saturated heterocycles. The molecule has 0 saturated carbocycles. The van der Waals surface area contributed by atoms with E-state index in [2.05, 4.69) is 26.0 Å². The second-order valence-electron chi connectivity index (χ2n) is 2.84. The minimum atomic E-state index is 0. The summed E-state index contributed by atoms with van der Waals surface area (Å²) in [6.07, 6.45) is 10.5. The number of unbranched alkanes of at least 4 members (excludes halogenated alkanes) is 1. The van der Waals surface area contributed by atoms with Gasteiger partial charge < -0.3 is 24.8 Å². The van der Waals surface area contributed by atoms with Crippen molar-refractivity contribution in [2.45, 2.75) is 39.5 Å². The number of rotatable bonds is 3. The van der Waals surface area contributed by atoms with Gasteiger partial charge in [-0.25, -0.2) is 5.57 Å². The van der Waals surface area contributed by atoms with Gasteiger partial charge in [-0.15, -0.1) is 6.42 Å². The van der Waals surface area contributed by atoms with Crippen LogP contribution in [0.5, 0.6) is 0 Å². The predicted octanol–water partition coefficient (Wildman–Crippen LogP) is -2.74. The third-order valence-corrected chi connectivity index (χ3v) is 2.00. The van der Waals surface area contributed by atoms with Gasteiger partial charge in [0, 0.05) is 25.8 Å². The van der Waals surface area contributed by atoms with E-state index in [0.29, 0.717) is 0 Å². The summed E-state index contributed by atoms with van der Waals surface area (Å²) < 4.78 is 0. The molecule has 0 unspecified atom stereocenters. The van der Waals surface area contributed by atoms with Crippen LogP contribution in [-0.4, -0.2) is 0 Å². The minimum Gasteiger partial charge on any atom is -1.00 e. The van der Waals surface area contributed by atoms with Crippen molar-refractivity contribution < 1.29 is 50.7 Å². The van der Waals surface area contributed by atoms with E-state index in [1.54, 1.807) is 0 Å². The molecule has 0 spiro atoms. The first-order chi connectivity index (χ1) is 4.84. The van der Waals surface area contributed by atoms with Gasteiger partial charge in [0.2, 0.25) is 0 Å². The molecule has 0 aliphatic heterocycles. The van der Waals surface area contributed by atoms with Gasteiger partial charge in [0.1, 0.15) is 0 Å². The van der Waals surface area contributed by atoms with Crippen LogP contribution in [0.1, 0.15) is 39.5 Å². The van der Waals surface area contributed by atoms with Crippen LogP contribution in [0.25, 0.3) is 0 Å². The number of allylic oxidation sites excluding steroid dienone is 4. The first-order valence-corrected chi connectivity index (χ1v) is 4.11. The molecule has 1 rings (SSSR count). The van der Waals surface area contributed by atoms with Crippen LogP contribution in [0, 0.1) is 6.08 Å². The molecule has 0 fully saturated rings. The molecule has 0 aromatic carbocycles. The Labute approximate surface area is 113 Å². The summed E-state index contributed by atoms with van der Waals surface area (Å²) in [7, 11) is 0.